The standard InChI is InChI=1S/C25H24ClNO4/c1-2-3-6-15-30-20-12-9-18(10-13-20)25(29)31-21-14-11-19(24(28)16-21)17-27-23-8-5-4-7-22(23)26/h4-5,7-14,16-17,28H,2-3,6,15H2,1H3. The second kappa shape index (κ2) is 11.2. The zero-order chi connectivity index (χ0) is 22.1. The molecule has 3 aromatic carbocycles. The highest BCUT2D eigenvalue weighted by Crippen LogP contribution is 2.26. The minimum absolute atomic E-state index is 0.0584. The van der Waals surface area contributed by atoms with Crippen molar-refractivity contribution < 1.29 is 19.4 Å². The van der Waals surface area contributed by atoms with Gasteiger partial charge in [-0.15, -0.1) is 0 Å². The zero-order valence-corrected chi connectivity index (χ0v) is 18.0. The maximum Gasteiger partial charge on any atom is 0.343 e. The van der Waals surface area contributed by atoms with E-state index in [9.17, 15) is 9.90 Å². The first kappa shape index (κ1) is 22.4. The number of hydrogen-bond acceptors (Lipinski definition) is 5. The van der Waals surface area contributed by atoms with Crippen molar-refractivity contribution in [2.75, 3.05) is 6.61 Å². The zero-order valence-electron chi connectivity index (χ0n) is 17.3. The number of aromatic hydroxyl groups is 1. The molecule has 0 saturated carbocycles. The Morgan fingerprint density at radius 2 is 1.77 bits per heavy atom. The minimum atomic E-state index is -0.519. The molecule has 0 atom stereocenters. The van der Waals surface area contributed by atoms with Gasteiger partial charge in [0.05, 0.1) is 22.9 Å². The lowest BCUT2D eigenvalue weighted by Crippen LogP contribution is -2.08. The highest BCUT2D eigenvalue weighted by atomic mass is 35.5. The summed E-state index contributed by atoms with van der Waals surface area (Å²) in [5.41, 5.74) is 1.46. The first-order valence-electron chi connectivity index (χ1n) is 10.1. The van der Waals surface area contributed by atoms with Crippen molar-refractivity contribution in [2.45, 2.75) is 26.2 Å². The molecule has 0 bridgehead atoms. The van der Waals surface area contributed by atoms with Gasteiger partial charge in [-0.3, -0.25) is 4.99 Å². The van der Waals surface area contributed by atoms with Crippen LogP contribution in [0.4, 0.5) is 5.69 Å². The summed E-state index contributed by atoms with van der Waals surface area (Å²) in [5.74, 6) is 0.371. The SMILES string of the molecule is CCCCCOc1ccc(C(=O)Oc2ccc(C=Nc3ccccc3Cl)c(O)c2)cc1. The third-order valence-electron chi connectivity index (χ3n) is 4.51. The Balaban J connectivity index is 1.60. The number of carbonyl (C=O) groups excluding carboxylic acids is 1. The predicted octanol–water partition coefficient (Wildman–Crippen LogP) is 6.58. The molecule has 0 spiro atoms. The summed E-state index contributed by atoms with van der Waals surface area (Å²) in [7, 11) is 0. The van der Waals surface area contributed by atoms with Crippen LogP contribution in [0.25, 0.3) is 0 Å². The average Bonchev–Trinajstić information content (AvgIpc) is 2.77. The fourth-order valence-electron chi connectivity index (χ4n) is 2.79. The molecule has 31 heavy (non-hydrogen) atoms. The Bertz CT molecular complexity index is 1050. The molecule has 0 unspecified atom stereocenters. The lowest BCUT2D eigenvalue weighted by molar-refractivity contribution is 0.0734. The molecule has 0 aliphatic carbocycles. The molecule has 0 fully saturated rings. The van der Waals surface area contributed by atoms with Crippen molar-refractivity contribution in [3.63, 3.8) is 0 Å². The van der Waals surface area contributed by atoms with E-state index in [1.807, 2.05) is 12.1 Å². The van der Waals surface area contributed by atoms with E-state index < -0.39 is 5.97 Å². The maximum absolute atomic E-state index is 12.4. The fourth-order valence-corrected chi connectivity index (χ4v) is 2.97. The molecule has 0 heterocycles. The van der Waals surface area contributed by atoms with Crippen molar-refractivity contribution in [2.24, 2.45) is 4.99 Å². The number of aliphatic imine (C=N–C) groups is 1. The van der Waals surface area contributed by atoms with Gasteiger partial charge in [0.1, 0.15) is 17.2 Å². The quantitative estimate of drug-likeness (QED) is 0.177. The van der Waals surface area contributed by atoms with Crippen molar-refractivity contribution >= 4 is 29.5 Å². The van der Waals surface area contributed by atoms with Crippen molar-refractivity contribution in [1.29, 1.82) is 0 Å². The Morgan fingerprint density at radius 3 is 2.48 bits per heavy atom. The summed E-state index contributed by atoms with van der Waals surface area (Å²) in [6.07, 6.45) is 4.77. The summed E-state index contributed by atoms with van der Waals surface area (Å²) in [4.78, 5) is 16.7. The third kappa shape index (κ3) is 6.59. The van der Waals surface area contributed by atoms with Crippen LogP contribution in [0.1, 0.15) is 42.1 Å². The van der Waals surface area contributed by atoms with Crippen LogP contribution in [0.15, 0.2) is 71.7 Å². The largest absolute Gasteiger partial charge is 0.507 e. The summed E-state index contributed by atoms with van der Waals surface area (Å²) >= 11 is 6.08. The molecule has 0 saturated heterocycles. The van der Waals surface area contributed by atoms with Gasteiger partial charge in [0, 0.05) is 17.8 Å². The molecule has 0 aliphatic rings. The van der Waals surface area contributed by atoms with Crippen LogP contribution < -0.4 is 9.47 Å². The van der Waals surface area contributed by atoms with Gasteiger partial charge in [0.2, 0.25) is 0 Å². The Hall–Kier alpha value is -3.31. The van der Waals surface area contributed by atoms with Crippen LogP contribution in [-0.4, -0.2) is 23.9 Å². The van der Waals surface area contributed by atoms with Crippen molar-refractivity contribution in [1.82, 2.24) is 0 Å². The molecular formula is C25H24ClNO4. The number of rotatable bonds is 9. The van der Waals surface area contributed by atoms with Gasteiger partial charge in [-0.05, 0) is 55.0 Å². The number of halogens is 1. The fraction of sp³-hybridized carbons (Fsp3) is 0.200. The lowest BCUT2D eigenvalue weighted by Gasteiger charge is -2.08. The van der Waals surface area contributed by atoms with E-state index >= 15 is 0 Å². The summed E-state index contributed by atoms with van der Waals surface area (Å²) in [6.45, 7) is 2.80. The first-order chi connectivity index (χ1) is 15.1. The summed E-state index contributed by atoms with van der Waals surface area (Å²) in [5, 5.41) is 10.8. The number of phenolic OH excluding ortho intramolecular Hbond substituents is 1. The lowest BCUT2D eigenvalue weighted by atomic mass is 10.2. The van der Waals surface area contributed by atoms with Crippen LogP contribution in [0, 0.1) is 0 Å². The molecule has 0 aliphatic heterocycles. The second-order valence-electron chi connectivity index (χ2n) is 6.90. The van der Waals surface area contributed by atoms with Gasteiger partial charge in [-0.1, -0.05) is 43.5 Å². The van der Waals surface area contributed by atoms with E-state index in [1.54, 1.807) is 48.5 Å². The Morgan fingerprint density at radius 1 is 1.03 bits per heavy atom. The van der Waals surface area contributed by atoms with Gasteiger partial charge in [0.15, 0.2) is 0 Å². The number of unbranched alkanes of at least 4 members (excludes halogenated alkanes) is 2. The highest BCUT2D eigenvalue weighted by molar-refractivity contribution is 6.33. The molecular weight excluding hydrogens is 414 g/mol. The van der Waals surface area contributed by atoms with Gasteiger partial charge in [0.25, 0.3) is 0 Å². The normalized spacial score (nSPS) is 10.9. The molecule has 5 nitrogen and oxygen atoms in total. The van der Waals surface area contributed by atoms with E-state index in [0.717, 1.165) is 19.3 Å². The van der Waals surface area contributed by atoms with Crippen LogP contribution in [0.3, 0.4) is 0 Å². The van der Waals surface area contributed by atoms with Gasteiger partial charge >= 0.3 is 5.97 Å². The van der Waals surface area contributed by atoms with E-state index in [4.69, 9.17) is 21.1 Å². The molecule has 3 rings (SSSR count). The molecule has 0 aromatic heterocycles. The Labute approximate surface area is 186 Å². The number of esters is 1. The van der Waals surface area contributed by atoms with E-state index in [0.29, 0.717) is 34.2 Å². The summed E-state index contributed by atoms with van der Waals surface area (Å²) < 4.78 is 11.0. The van der Waals surface area contributed by atoms with E-state index in [-0.39, 0.29) is 11.5 Å². The number of ether oxygens (including phenoxy) is 2. The maximum atomic E-state index is 12.4. The average molecular weight is 438 g/mol. The number of carbonyl (C=O) groups is 1. The van der Waals surface area contributed by atoms with Crippen LogP contribution in [0.2, 0.25) is 5.02 Å². The molecule has 6 heteroatoms. The van der Waals surface area contributed by atoms with Crippen LogP contribution in [-0.2, 0) is 0 Å². The van der Waals surface area contributed by atoms with Crippen LogP contribution in [0.5, 0.6) is 17.2 Å². The smallest absolute Gasteiger partial charge is 0.343 e. The van der Waals surface area contributed by atoms with E-state index in [2.05, 4.69) is 11.9 Å². The number of benzene rings is 3. The number of hydrogen-bond donors (Lipinski definition) is 1. The highest BCUT2D eigenvalue weighted by Gasteiger charge is 2.10. The van der Waals surface area contributed by atoms with Crippen molar-refractivity contribution in [3.8, 4) is 17.2 Å². The number of nitrogens with zero attached hydrogens (tertiary/aromatic N) is 1. The molecule has 0 amide bonds. The molecule has 3 aromatic rings. The van der Waals surface area contributed by atoms with Crippen LogP contribution >= 0.6 is 11.6 Å². The van der Waals surface area contributed by atoms with Crippen molar-refractivity contribution in [3.05, 3.63) is 82.9 Å². The topological polar surface area (TPSA) is 68.1 Å². The molecule has 0 radical (unpaired) electrons. The second-order valence-corrected chi connectivity index (χ2v) is 7.31. The third-order valence-corrected chi connectivity index (χ3v) is 4.83. The molecule has 1 N–H and O–H groups in total. The number of phenols is 1. The Kier molecular flexibility index (Phi) is 8.07. The van der Waals surface area contributed by atoms with Gasteiger partial charge in [-0.25, -0.2) is 4.79 Å². The minimum Gasteiger partial charge on any atom is -0.507 e. The van der Waals surface area contributed by atoms with Gasteiger partial charge in [-0.2, -0.15) is 0 Å². The first-order valence-corrected chi connectivity index (χ1v) is 10.5. The van der Waals surface area contributed by atoms with Gasteiger partial charge < -0.3 is 14.6 Å². The predicted molar refractivity (Wildman–Crippen MR) is 123 cm³/mol. The monoisotopic (exact) mass is 437 g/mol. The summed E-state index contributed by atoms with van der Waals surface area (Å²) in [6, 6.07) is 18.5. The van der Waals surface area contributed by atoms with E-state index in [1.165, 1.54) is 12.3 Å². The number of para-hydroxylation sites is 1. The molecule has 160 valence electrons.